The van der Waals surface area contributed by atoms with Crippen LogP contribution in [0.4, 0.5) is 10.5 Å². The predicted octanol–water partition coefficient (Wildman–Crippen LogP) is 3.92. The lowest BCUT2D eigenvalue weighted by Crippen LogP contribution is -2.50. The molecule has 3 amide bonds. The number of urea groups is 1. The second kappa shape index (κ2) is 7.53. The first-order valence-corrected chi connectivity index (χ1v) is 10.1. The second-order valence-corrected chi connectivity index (χ2v) is 9.40. The van der Waals surface area contributed by atoms with Gasteiger partial charge in [-0.05, 0) is 67.7 Å². The molecule has 2 aliphatic rings. The van der Waals surface area contributed by atoms with Gasteiger partial charge >= 0.3 is 6.03 Å². The minimum absolute atomic E-state index is 0.0657. The van der Waals surface area contributed by atoms with E-state index in [0.29, 0.717) is 18.9 Å². The summed E-state index contributed by atoms with van der Waals surface area (Å²) in [6.45, 7) is 11.4. The number of hydrogen-bond donors (Lipinski definition) is 2. The van der Waals surface area contributed by atoms with E-state index >= 15 is 0 Å². The Morgan fingerprint density at radius 3 is 2.48 bits per heavy atom. The number of hydrogen-bond acceptors (Lipinski definition) is 2. The molecule has 0 aromatic heterocycles. The molecular formula is C22H33N3O2. The molecule has 2 fully saturated rings. The van der Waals surface area contributed by atoms with E-state index in [1.165, 1.54) is 17.5 Å². The summed E-state index contributed by atoms with van der Waals surface area (Å²) < 4.78 is 0. The normalized spacial score (nSPS) is 27.5. The summed E-state index contributed by atoms with van der Waals surface area (Å²) in [5, 5.41) is 6.15. The smallest absolute Gasteiger partial charge is 0.315 e. The maximum absolute atomic E-state index is 12.5. The van der Waals surface area contributed by atoms with Crippen molar-refractivity contribution in [3.05, 3.63) is 29.3 Å². The number of carbonyl (C=O) groups excluding carboxylic acids is 2. The Morgan fingerprint density at radius 1 is 1.11 bits per heavy atom. The fourth-order valence-corrected chi connectivity index (χ4v) is 4.82. The van der Waals surface area contributed by atoms with Crippen molar-refractivity contribution in [2.75, 3.05) is 11.4 Å². The number of rotatable bonds is 3. The van der Waals surface area contributed by atoms with E-state index < -0.39 is 0 Å². The number of benzene rings is 1. The van der Waals surface area contributed by atoms with E-state index in [1.54, 1.807) is 4.90 Å². The van der Waals surface area contributed by atoms with Crippen LogP contribution in [0.2, 0.25) is 0 Å². The van der Waals surface area contributed by atoms with Crippen LogP contribution in [0.25, 0.3) is 0 Å². The maximum atomic E-state index is 12.5. The molecule has 0 spiro atoms. The van der Waals surface area contributed by atoms with Gasteiger partial charge in [0.2, 0.25) is 5.91 Å². The maximum Gasteiger partial charge on any atom is 0.315 e. The van der Waals surface area contributed by atoms with Crippen LogP contribution in [0.5, 0.6) is 0 Å². The molecule has 3 atom stereocenters. The zero-order chi connectivity index (χ0) is 19.8. The van der Waals surface area contributed by atoms with E-state index in [9.17, 15) is 9.59 Å². The first kappa shape index (κ1) is 19.7. The van der Waals surface area contributed by atoms with Crippen LogP contribution in [-0.4, -0.2) is 30.6 Å². The van der Waals surface area contributed by atoms with Crippen molar-refractivity contribution in [3.8, 4) is 0 Å². The van der Waals surface area contributed by atoms with Gasteiger partial charge in [-0.25, -0.2) is 4.79 Å². The average Bonchev–Trinajstić information content (AvgIpc) is 2.88. The lowest BCUT2D eigenvalue weighted by molar-refractivity contribution is -0.117. The second-order valence-electron chi connectivity index (χ2n) is 9.40. The Hall–Kier alpha value is -2.04. The highest BCUT2D eigenvalue weighted by Gasteiger charge is 2.35. The van der Waals surface area contributed by atoms with Gasteiger partial charge in [-0.15, -0.1) is 0 Å². The van der Waals surface area contributed by atoms with Gasteiger partial charge in [-0.2, -0.15) is 0 Å². The molecule has 1 aliphatic carbocycles. The Bertz CT molecular complexity index is 728. The molecule has 1 heterocycles. The minimum Gasteiger partial charge on any atom is -0.335 e. The van der Waals surface area contributed by atoms with Gasteiger partial charge in [0, 0.05) is 24.7 Å². The van der Waals surface area contributed by atoms with Crippen molar-refractivity contribution in [1.29, 1.82) is 0 Å². The van der Waals surface area contributed by atoms with E-state index in [-0.39, 0.29) is 29.4 Å². The third-order valence-electron chi connectivity index (χ3n) is 5.98. The van der Waals surface area contributed by atoms with Crippen LogP contribution in [0.15, 0.2) is 18.2 Å². The standard InChI is InChI=1S/C22H33N3O2/c1-14-8-17(12-22(4,5)11-14)23-21(27)24-18-10-20(26)25(13-18)19-7-6-15(2)16(3)9-19/h6-7,9,14,17-18H,8,10-13H2,1-5H3,(H2,23,24,27)/t14-,17-,18+/m0/s1. The van der Waals surface area contributed by atoms with Crippen LogP contribution in [0, 0.1) is 25.2 Å². The number of nitrogens with one attached hydrogen (secondary N) is 2. The largest absolute Gasteiger partial charge is 0.335 e. The third-order valence-corrected chi connectivity index (χ3v) is 5.98. The van der Waals surface area contributed by atoms with Gasteiger partial charge in [-0.3, -0.25) is 4.79 Å². The lowest BCUT2D eigenvalue weighted by Gasteiger charge is -2.39. The van der Waals surface area contributed by atoms with Gasteiger partial charge in [-0.1, -0.05) is 26.8 Å². The Morgan fingerprint density at radius 2 is 1.81 bits per heavy atom. The highest BCUT2D eigenvalue weighted by molar-refractivity contribution is 5.96. The molecule has 1 saturated carbocycles. The summed E-state index contributed by atoms with van der Waals surface area (Å²) in [5.41, 5.74) is 3.56. The van der Waals surface area contributed by atoms with Crippen LogP contribution < -0.4 is 15.5 Å². The summed E-state index contributed by atoms with van der Waals surface area (Å²) in [7, 11) is 0. The van der Waals surface area contributed by atoms with Gasteiger partial charge in [0.05, 0.1) is 6.04 Å². The molecule has 0 radical (unpaired) electrons. The summed E-state index contributed by atoms with van der Waals surface area (Å²) in [6, 6.07) is 5.97. The fourth-order valence-electron chi connectivity index (χ4n) is 4.82. The molecule has 1 aliphatic heterocycles. The monoisotopic (exact) mass is 371 g/mol. The molecule has 1 aromatic carbocycles. The first-order chi connectivity index (χ1) is 12.6. The van der Waals surface area contributed by atoms with Crippen molar-refractivity contribution in [1.82, 2.24) is 10.6 Å². The highest BCUT2D eigenvalue weighted by Crippen LogP contribution is 2.38. The molecule has 0 bridgehead atoms. The molecule has 5 heteroatoms. The van der Waals surface area contributed by atoms with E-state index in [4.69, 9.17) is 0 Å². The molecule has 27 heavy (non-hydrogen) atoms. The average molecular weight is 372 g/mol. The van der Waals surface area contributed by atoms with E-state index in [0.717, 1.165) is 18.5 Å². The fraction of sp³-hybridized carbons (Fsp3) is 0.636. The summed E-state index contributed by atoms with van der Waals surface area (Å²) >= 11 is 0. The van der Waals surface area contributed by atoms with Crippen LogP contribution in [0.1, 0.15) is 57.6 Å². The van der Waals surface area contributed by atoms with Crippen LogP contribution in [-0.2, 0) is 4.79 Å². The van der Waals surface area contributed by atoms with Crippen molar-refractivity contribution < 1.29 is 9.59 Å². The van der Waals surface area contributed by atoms with E-state index in [2.05, 4.69) is 45.3 Å². The zero-order valence-corrected chi connectivity index (χ0v) is 17.3. The molecule has 3 rings (SSSR count). The van der Waals surface area contributed by atoms with Gasteiger partial charge in [0.15, 0.2) is 0 Å². The Balaban J connectivity index is 1.56. The van der Waals surface area contributed by atoms with Crippen LogP contribution >= 0.6 is 0 Å². The Labute approximate surface area is 162 Å². The van der Waals surface area contributed by atoms with Crippen molar-refractivity contribution >= 4 is 17.6 Å². The summed E-state index contributed by atoms with van der Waals surface area (Å²) in [6.07, 6.45) is 3.58. The molecule has 2 N–H and O–H groups in total. The number of anilines is 1. The molecule has 0 unspecified atom stereocenters. The minimum atomic E-state index is -0.148. The quantitative estimate of drug-likeness (QED) is 0.846. The zero-order valence-electron chi connectivity index (χ0n) is 17.3. The van der Waals surface area contributed by atoms with Crippen molar-refractivity contribution in [2.45, 2.75) is 72.4 Å². The topological polar surface area (TPSA) is 61.4 Å². The SMILES string of the molecule is Cc1ccc(N2C[C@H](NC(=O)N[C@H]3C[C@H](C)CC(C)(C)C3)CC2=O)cc1C. The number of nitrogens with zero attached hydrogens (tertiary/aromatic N) is 1. The van der Waals surface area contributed by atoms with Crippen molar-refractivity contribution in [2.24, 2.45) is 11.3 Å². The molecular weight excluding hydrogens is 338 g/mol. The third kappa shape index (κ3) is 4.82. The highest BCUT2D eigenvalue weighted by atomic mass is 16.2. The molecule has 1 saturated heterocycles. The van der Waals surface area contributed by atoms with Crippen LogP contribution in [0.3, 0.4) is 0 Å². The van der Waals surface area contributed by atoms with Gasteiger partial charge < -0.3 is 15.5 Å². The number of amides is 3. The number of aryl methyl sites for hydroxylation is 2. The molecule has 148 valence electrons. The van der Waals surface area contributed by atoms with Crippen molar-refractivity contribution in [3.63, 3.8) is 0 Å². The first-order valence-electron chi connectivity index (χ1n) is 10.1. The van der Waals surface area contributed by atoms with Gasteiger partial charge in [0.1, 0.15) is 0 Å². The number of carbonyl (C=O) groups is 2. The summed E-state index contributed by atoms with van der Waals surface area (Å²) in [4.78, 5) is 26.7. The molecule has 5 nitrogen and oxygen atoms in total. The molecule has 1 aromatic rings. The van der Waals surface area contributed by atoms with E-state index in [1.807, 2.05) is 18.2 Å². The lowest BCUT2D eigenvalue weighted by atomic mass is 9.71. The summed E-state index contributed by atoms with van der Waals surface area (Å²) in [5.74, 6) is 0.684. The Kier molecular flexibility index (Phi) is 5.50. The van der Waals surface area contributed by atoms with Gasteiger partial charge in [0.25, 0.3) is 0 Å². The predicted molar refractivity (Wildman–Crippen MR) is 109 cm³/mol.